The number of hydrogen-bond acceptors (Lipinski definition) is 9. The number of nitrogens with one attached hydrogen (secondary N) is 1. The molecule has 0 bridgehead atoms. The largest absolute Gasteiger partial charge is 0.438 e. The Bertz CT molecular complexity index is 3140. The van der Waals surface area contributed by atoms with Gasteiger partial charge in [0, 0.05) is 55.0 Å². The molecule has 10 rings (SSSR count). The SMILES string of the molecule is CCS(=O)(=O)c1ccc(-n2ccn(-c3c4c(nn3-c3cc(C)c(F)c(C)c3)CCN(C(=O)c3cc5cc(C6CCOCC6)ccc5n3C3(c5noc(=O)[nH]5)CC3)[C@H]4C)c2=O)cc1. The van der Waals surface area contributed by atoms with E-state index in [1.54, 1.807) is 67.0 Å². The summed E-state index contributed by atoms with van der Waals surface area (Å²) in [7, 11) is -3.46. The van der Waals surface area contributed by atoms with Crippen molar-refractivity contribution in [1.82, 2.24) is 38.5 Å². The molecule has 1 aliphatic carbocycles. The van der Waals surface area contributed by atoms with Gasteiger partial charge in [-0.2, -0.15) is 5.10 Å². The zero-order valence-corrected chi connectivity index (χ0v) is 35.5. The monoisotopic (exact) mass is 860 g/mol. The van der Waals surface area contributed by atoms with Crippen LogP contribution in [0.3, 0.4) is 0 Å². The van der Waals surface area contributed by atoms with Crippen LogP contribution in [0.25, 0.3) is 28.1 Å². The summed E-state index contributed by atoms with van der Waals surface area (Å²) in [6.45, 7) is 8.55. The van der Waals surface area contributed by atoms with Crippen molar-refractivity contribution in [3.8, 4) is 17.2 Å². The van der Waals surface area contributed by atoms with Gasteiger partial charge in [0.2, 0.25) is 0 Å². The fraction of sp³-hybridized carbons (Fsp3) is 0.356. The Morgan fingerprint density at radius 2 is 1.66 bits per heavy atom. The molecule has 62 heavy (non-hydrogen) atoms. The van der Waals surface area contributed by atoms with Crippen molar-refractivity contribution in [3.63, 3.8) is 0 Å². The predicted octanol–water partition coefficient (Wildman–Crippen LogP) is 6.19. The van der Waals surface area contributed by atoms with Gasteiger partial charge in [-0.25, -0.2) is 27.1 Å². The predicted molar refractivity (Wildman–Crippen MR) is 227 cm³/mol. The first kappa shape index (κ1) is 39.8. The second kappa shape index (κ2) is 14.7. The molecule has 1 atom stereocenters. The third-order valence-electron chi connectivity index (χ3n) is 13.0. The third-order valence-corrected chi connectivity index (χ3v) is 14.8. The number of aryl methyl sites for hydroxylation is 2. The summed E-state index contributed by atoms with van der Waals surface area (Å²) in [5, 5.41) is 10.0. The third kappa shape index (κ3) is 6.30. The number of carbonyl (C=O) groups excluding carboxylic acids is 1. The lowest BCUT2D eigenvalue weighted by atomic mass is 9.91. The van der Waals surface area contributed by atoms with Crippen LogP contribution in [-0.4, -0.2) is 78.4 Å². The Morgan fingerprint density at radius 3 is 2.32 bits per heavy atom. The highest BCUT2D eigenvalue weighted by Crippen LogP contribution is 2.51. The molecular formula is C45H45FN8O7S. The summed E-state index contributed by atoms with van der Waals surface area (Å²) in [5.74, 6) is -0.232. The highest BCUT2D eigenvalue weighted by molar-refractivity contribution is 7.91. The smallest absolute Gasteiger partial charge is 0.381 e. The first-order valence-electron chi connectivity index (χ1n) is 20.9. The number of imidazole rings is 1. The topological polar surface area (TPSA) is 172 Å². The van der Waals surface area contributed by atoms with Crippen LogP contribution < -0.4 is 11.4 Å². The zero-order chi connectivity index (χ0) is 43.2. The highest BCUT2D eigenvalue weighted by atomic mass is 32.2. The summed E-state index contributed by atoms with van der Waals surface area (Å²) >= 11 is 0. The average Bonchev–Trinajstić information content (AvgIpc) is 3.56. The molecule has 6 heterocycles. The minimum atomic E-state index is -3.46. The number of benzene rings is 3. The molecular weight excluding hydrogens is 816 g/mol. The van der Waals surface area contributed by atoms with Crippen molar-refractivity contribution in [2.45, 2.75) is 82.2 Å². The van der Waals surface area contributed by atoms with Crippen LogP contribution in [0.2, 0.25) is 0 Å². The van der Waals surface area contributed by atoms with E-state index in [0.29, 0.717) is 96.0 Å². The lowest BCUT2D eigenvalue weighted by Crippen LogP contribution is -2.41. The quantitative estimate of drug-likeness (QED) is 0.178. The van der Waals surface area contributed by atoms with Gasteiger partial charge in [-0.05, 0) is 124 Å². The highest BCUT2D eigenvalue weighted by Gasteiger charge is 2.52. The van der Waals surface area contributed by atoms with Gasteiger partial charge < -0.3 is 14.2 Å². The first-order valence-corrected chi connectivity index (χ1v) is 22.6. The number of rotatable bonds is 9. The number of nitrogens with zero attached hydrogens (tertiary/aromatic N) is 7. The van der Waals surface area contributed by atoms with E-state index >= 15 is 9.18 Å². The maximum atomic E-state index is 15.3. The van der Waals surface area contributed by atoms with Gasteiger partial charge in [-0.1, -0.05) is 18.1 Å². The van der Waals surface area contributed by atoms with Gasteiger partial charge >= 0.3 is 11.4 Å². The van der Waals surface area contributed by atoms with Crippen LogP contribution in [0.15, 0.2) is 92.1 Å². The van der Waals surface area contributed by atoms with E-state index in [9.17, 15) is 18.0 Å². The number of carbonyl (C=O) groups is 1. The molecule has 0 radical (unpaired) electrons. The summed E-state index contributed by atoms with van der Waals surface area (Å²) in [6, 6.07) is 17.2. The van der Waals surface area contributed by atoms with Crippen LogP contribution in [0.4, 0.5) is 4.39 Å². The van der Waals surface area contributed by atoms with Crippen molar-refractivity contribution in [2.24, 2.45) is 0 Å². The molecule has 1 amide bonds. The fourth-order valence-corrected chi connectivity index (χ4v) is 10.4. The van der Waals surface area contributed by atoms with Gasteiger partial charge in [-0.3, -0.25) is 23.4 Å². The Hall–Kier alpha value is -6.33. The molecule has 1 N–H and O–H groups in total. The Kier molecular flexibility index (Phi) is 9.40. The summed E-state index contributed by atoms with van der Waals surface area (Å²) in [6.07, 6.45) is 6.66. The number of halogens is 1. The zero-order valence-electron chi connectivity index (χ0n) is 34.7. The van der Waals surface area contributed by atoms with Crippen LogP contribution >= 0.6 is 0 Å². The molecule has 2 fully saturated rings. The summed E-state index contributed by atoms with van der Waals surface area (Å²) in [5.41, 5.74) is 4.34. The number of ether oxygens (including phenoxy) is 1. The van der Waals surface area contributed by atoms with E-state index in [2.05, 4.69) is 28.3 Å². The Labute approximate surface area is 355 Å². The van der Waals surface area contributed by atoms with Crippen molar-refractivity contribution in [3.05, 3.63) is 139 Å². The Morgan fingerprint density at radius 1 is 0.952 bits per heavy atom. The molecule has 0 unspecified atom stereocenters. The maximum Gasteiger partial charge on any atom is 0.438 e. The van der Waals surface area contributed by atoms with E-state index in [1.165, 1.54) is 26.8 Å². The first-order chi connectivity index (χ1) is 29.8. The molecule has 3 aliphatic rings. The van der Waals surface area contributed by atoms with Gasteiger partial charge in [0.05, 0.1) is 33.8 Å². The van der Waals surface area contributed by atoms with Gasteiger partial charge in [-0.15, -0.1) is 0 Å². The van der Waals surface area contributed by atoms with Gasteiger partial charge in [0.25, 0.3) is 5.91 Å². The lowest BCUT2D eigenvalue weighted by Gasteiger charge is -2.34. The average molecular weight is 861 g/mol. The minimum Gasteiger partial charge on any atom is -0.381 e. The van der Waals surface area contributed by atoms with Crippen molar-refractivity contribution in [2.75, 3.05) is 25.5 Å². The second-order valence-corrected chi connectivity index (χ2v) is 19.0. The molecule has 320 valence electrons. The Balaban J connectivity index is 1.10. The molecule has 1 saturated carbocycles. The number of amides is 1. The molecule has 2 aliphatic heterocycles. The second-order valence-electron chi connectivity index (χ2n) is 16.7. The lowest BCUT2D eigenvalue weighted by molar-refractivity contribution is 0.0664. The van der Waals surface area contributed by atoms with Crippen LogP contribution in [-0.2, 0) is 26.5 Å². The molecule has 7 aromatic rings. The number of H-pyrrole nitrogens is 1. The van der Waals surface area contributed by atoms with Crippen LogP contribution in [0.5, 0.6) is 0 Å². The van der Waals surface area contributed by atoms with E-state index in [4.69, 9.17) is 14.4 Å². The summed E-state index contributed by atoms with van der Waals surface area (Å²) in [4.78, 5) is 46.8. The van der Waals surface area contributed by atoms with Gasteiger partial charge in [0.15, 0.2) is 15.7 Å². The van der Waals surface area contributed by atoms with Crippen LogP contribution in [0.1, 0.15) is 95.8 Å². The van der Waals surface area contributed by atoms with E-state index in [0.717, 1.165) is 23.7 Å². The molecule has 15 nitrogen and oxygen atoms in total. The van der Waals surface area contributed by atoms with E-state index in [-0.39, 0.29) is 22.4 Å². The van der Waals surface area contributed by atoms with E-state index in [1.807, 2.05) is 17.6 Å². The maximum absolute atomic E-state index is 15.3. The number of aromatic nitrogens is 7. The van der Waals surface area contributed by atoms with Gasteiger partial charge in [0.1, 0.15) is 22.9 Å². The molecule has 3 aromatic carbocycles. The fourth-order valence-electron chi connectivity index (χ4n) is 9.50. The van der Waals surface area contributed by atoms with Crippen LogP contribution in [0, 0.1) is 19.7 Å². The van der Waals surface area contributed by atoms with Crippen molar-refractivity contribution >= 4 is 26.6 Å². The van der Waals surface area contributed by atoms with E-state index < -0.39 is 32.9 Å². The summed E-state index contributed by atoms with van der Waals surface area (Å²) < 4.78 is 57.3. The minimum absolute atomic E-state index is 0.0546. The molecule has 0 spiro atoms. The number of sulfone groups is 1. The normalized spacial score (nSPS) is 17.8. The molecule has 4 aromatic heterocycles. The molecule has 1 saturated heterocycles. The number of fused-ring (bicyclic) bond motifs is 2. The van der Waals surface area contributed by atoms with Crippen molar-refractivity contribution in [1.29, 1.82) is 0 Å². The molecule has 17 heteroatoms. The standard InChI is InChI=1S/C45H45FN8O7S/c1-5-62(58,59)34-9-7-32(8-10-34)51-18-19-52(44(51)57)40-38-28(4)50(17-12-35(38)48-54(40)33-22-26(2)39(46)27(3)23-33)41(55)37-25-31-24-30(29-13-20-60-21-14-29)6-11-36(31)53(37)45(15-16-45)42-47-43(56)61-49-42/h6-11,18-19,22-25,28-29H,5,12-17,20-21H2,1-4H3,(H,47,49,56)/t28-/m0/s1. The number of hydrogen-bond donors (Lipinski definition) is 1. The number of aromatic amines is 1. The van der Waals surface area contributed by atoms with Crippen molar-refractivity contribution < 1.29 is 26.9 Å².